The summed E-state index contributed by atoms with van der Waals surface area (Å²) >= 11 is 0. The van der Waals surface area contributed by atoms with Crippen LogP contribution in [-0.4, -0.2) is 39.3 Å². The highest BCUT2D eigenvalue weighted by atomic mass is 16.4. The van der Waals surface area contributed by atoms with Crippen LogP contribution in [0.15, 0.2) is 10.6 Å². The monoisotopic (exact) mass is 285 g/mol. The molecule has 0 aliphatic rings. The summed E-state index contributed by atoms with van der Waals surface area (Å²) in [6.45, 7) is 3.21. The Morgan fingerprint density at radius 2 is 2.15 bits per heavy atom. The van der Waals surface area contributed by atoms with E-state index in [-0.39, 0.29) is 13.1 Å². The SMILES string of the molecule is CCc1cnc(CNC(=O)NCC(C)(O)CC(=O)O)o1. The Labute approximate surface area is 116 Å². The van der Waals surface area contributed by atoms with Crippen molar-refractivity contribution in [1.82, 2.24) is 15.6 Å². The molecule has 8 heteroatoms. The van der Waals surface area contributed by atoms with Crippen LogP contribution in [0, 0.1) is 0 Å². The van der Waals surface area contributed by atoms with Crippen LogP contribution >= 0.6 is 0 Å². The summed E-state index contributed by atoms with van der Waals surface area (Å²) in [6.07, 6.45) is 1.86. The summed E-state index contributed by atoms with van der Waals surface area (Å²) in [5.74, 6) is -0.0232. The van der Waals surface area contributed by atoms with E-state index in [0.29, 0.717) is 5.89 Å². The highest BCUT2D eigenvalue weighted by Gasteiger charge is 2.24. The van der Waals surface area contributed by atoms with E-state index in [0.717, 1.165) is 12.2 Å². The van der Waals surface area contributed by atoms with Gasteiger partial charge in [-0.1, -0.05) is 6.92 Å². The smallest absolute Gasteiger partial charge is 0.315 e. The maximum Gasteiger partial charge on any atom is 0.315 e. The number of aliphatic hydroxyl groups is 1. The molecule has 112 valence electrons. The van der Waals surface area contributed by atoms with Crippen LogP contribution in [0.2, 0.25) is 0 Å². The third kappa shape index (κ3) is 5.70. The van der Waals surface area contributed by atoms with Crippen molar-refractivity contribution in [2.45, 2.75) is 38.8 Å². The van der Waals surface area contributed by atoms with Crippen molar-refractivity contribution in [3.05, 3.63) is 17.8 Å². The van der Waals surface area contributed by atoms with Gasteiger partial charge in [-0.05, 0) is 6.92 Å². The molecule has 1 heterocycles. The van der Waals surface area contributed by atoms with Crippen LogP contribution in [0.5, 0.6) is 0 Å². The quantitative estimate of drug-likeness (QED) is 0.569. The van der Waals surface area contributed by atoms with Gasteiger partial charge in [0.25, 0.3) is 0 Å². The first-order chi connectivity index (χ1) is 9.32. The second-order valence-electron chi connectivity index (χ2n) is 4.68. The number of carbonyl (C=O) groups excluding carboxylic acids is 1. The molecule has 0 radical (unpaired) electrons. The number of nitrogens with one attached hydrogen (secondary N) is 2. The van der Waals surface area contributed by atoms with E-state index in [4.69, 9.17) is 9.52 Å². The number of aryl methyl sites for hydroxylation is 1. The molecule has 1 aromatic heterocycles. The lowest BCUT2D eigenvalue weighted by molar-refractivity contribution is -0.141. The fourth-order valence-electron chi connectivity index (χ4n) is 1.47. The topological polar surface area (TPSA) is 125 Å². The number of hydrogen-bond acceptors (Lipinski definition) is 5. The van der Waals surface area contributed by atoms with Crippen LogP contribution < -0.4 is 10.6 Å². The van der Waals surface area contributed by atoms with Crippen molar-refractivity contribution in [1.29, 1.82) is 0 Å². The number of carboxylic acids is 1. The summed E-state index contributed by atoms with van der Waals surface area (Å²) < 4.78 is 5.30. The second-order valence-corrected chi connectivity index (χ2v) is 4.68. The molecule has 0 spiro atoms. The number of rotatable bonds is 7. The molecule has 0 aliphatic carbocycles. The lowest BCUT2D eigenvalue weighted by Gasteiger charge is -2.21. The normalized spacial score (nSPS) is 13.6. The summed E-state index contributed by atoms with van der Waals surface area (Å²) in [5, 5.41) is 23.2. The zero-order valence-electron chi connectivity index (χ0n) is 11.5. The number of hydrogen-bond donors (Lipinski definition) is 4. The Morgan fingerprint density at radius 3 is 2.70 bits per heavy atom. The van der Waals surface area contributed by atoms with Gasteiger partial charge in [-0.25, -0.2) is 9.78 Å². The average molecular weight is 285 g/mol. The Balaban J connectivity index is 2.31. The maximum atomic E-state index is 11.5. The molecule has 1 rings (SSSR count). The minimum Gasteiger partial charge on any atom is -0.481 e. The van der Waals surface area contributed by atoms with Gasteiger partial charge in [-0.15, -0.1) is 0 Å². The van der Waals surface area contributed by atoms with E-state index in [1.165, 1.54) is 6.92 Å². The zero-order chi connectivity index (χ0) is 15.2. The zero-order valence-corrected chi connectivity index (χ0v) is 11.5. The van der Waals surface area contributed by atoms with E-state index in [1.807, 2.05) is 6.92 Å². The number of aliphatic carboxylic acids is 1. The number of nitrogens with zero attached hydrogens (tertiary/aromatic N) is 1. The minimum atomic E-state index is -1.50. The molecule has 2 amide bonds. The Morgan fingerprint density at radius 1 is 1.45 bits per heavy atom. The van der Waals surface area contributed by atoms with Gasteiger partial charge in [0.2, 0.25) is 5.89 Å². The highest BCUT2D eigenvalue weighted by Crippen LogP contribution is 2.07. The third-order valence-corrected chi connectivity index (χ3v) is 2.51. The number of urea groups is 1. The molecule has 8 nitrogen and oxygen atoms in total. The third-order valence-electron chi connectivity index (χ3n) is 2.51. The molecule has 1 unspecified atom stereocenters. The molecular weight excluding hydrogens is 266 g/mol. The average Bonchev–Trinajstić information content (AvgIpc) is 2.80. The molecule has 0 bridgehead atoms. The Kier molecular flexibility index (Phi) is 5.51. The number of amides is 2. The standard InChI is InChI=1S/C12H19N3O5/c1-3-8-5-13-9(20-8)6-14-11(18)15-7-12(2,19)4-10(16)17/h5,19H,3-4,6-7H2,1-2H3,(H,16,17)(H2,14,15,18). The van der Waals surface area contributed by atoms with Crippen molar-refractivity contribution < 1.29 is 24.2 Å². The van der Waals surface area contributed by atoms with E-state index < -0.39 is 24.0 Å². The van der Waals surface area contributed by atoms with Crippen LogP contribution in [0.1, 0.15) is 31.9 Å². The molecule has 4 N–H and O–H groups in total. The number of carbonyl (C=O) groups is 2. The highest BCUT2D eigenvalue weighted by molar-refractivity contribution is 5.74. The lowest BCUT2D eigenvalue weighted by Crippen LogP contribution is -2.45. The van der Waals surface area contributed by atoms with Gasteiger partial charge in [0.1, 0.15) is 5.76 Å². The first-order valence-electron chi connectivity index (χ1n) is 6.22. The molecular formula is C12H19N3O5. The largest absolute Gasteiger partial charge is 0.481 e. The van der Waals surface area contributed by atoms with Crippen molar-refractivity contribution >= 4 is 12.0 Å². The number of oxazole rings is 1. The van der Waals surface area contributed by atoms with Gasteiger partial charge in [-0.2, -0.15) is 0 Å². The predicted octanol–water partition coefficient (Wildman–Crippen LogP) is 0.262. The summed E-state index contributed by atoms with van der Waals surface area (Å²) in [4.78, 5) is 25.9. The van der Waals surface area contributed by atoms with E-state index >= 15 is 0 Å². The first-order valence-corrected chi connectivity index (χ1v) is 6.22. The summed E-state index contributed by atoms with van der Waals surface area (Å²) in [7, 11) is 0. The van der Waals surface area contributed by atoms with Crippen molar-refractivity contribution in [3.8, 4) is 0 Å². The number of carboxylic acid groups (broad SMARTS) is 1. The molecule has 0 aliphatic heterocycles. The Bertz CT molecular complexity index is 469. The minimum absolute atomic E-state index is 0.118. The first kappa shape index (κ1) is 16.0. The van der Waals surface area contributed by atoms with Crippen molar-refractivity contribution in [2.75, 3.05) is 6.54 Å². The molecule has 0 saturated carbocycles. The van der Waals surface area contributed by atoms with Crippen LogP contribution in [0.25, 0.3) is 0 Å². The van der Waals surface area contributed by atoms with Crippen molar-refractivity contribution in [3.63, 3.8) is 0 Å². The fourth-order valence-corrected chi connectivity index (χ4v) is 1.47. The van der Waals surface area contributed by atoms with Gasteiger partial charge >= 0.3 is 12.0 Å². The molecule has 0 saturated heterocycles. The second kappa shape index (κ2) is 6.90. The van der Waals surface area contributed by atoms with Gasteiger partial charge in [0.15, 0.2) is 0 Å². The van der Waals surface area contributed by atoms with Gasteiger partial charge < -0.3 is 25.3 Å². The maximum absolute atomic E-state index is 11.5. The van der Waals surface area contributed by atoms with Crippen molar-refractivity contribution in [2.24, 2.45) is 0 Å². The molecule has 0 aromatic carbocycles. The lowest BCUT2D eigenvalue weighted by atomic mass is 10.0. The van der Waals surface area contributed by atoms with Gasteiger partial charge in [0.05, 0.1) is 24.8 Å². The van der Waals surface area contributed by atoms with Crippen LogP contribution in [0.3, 0.4) is 0 Å². The molecule has 0 fully saturated rings. The van der Waals surface area contributed by atoms with E-state index in [2.05, 4.69) is 15.6 Å². The summed E-state index contributed by atoms with van der Waals surface area (Å²) in [6, 6.07) is -0.535. The Hall–Kier alpha value is -2.09. The van der Waals surface area contributed by atoms with Gasteiger partial charge in [0, 0.05) is 13.0 Å². The molecule has 1 atom stereocenters. The predicted molar refractivity (Wildman–Crippen MR) is 69.0 cm³/mol. The fraction of sp³-hybridized carbons (Fsp3) is 0.583. The molecule has 20 heavy (non-hydrogen) atoms. The number of aromatic nitrogens is 1. The van der Waals surface area contributed by atoms with Crippen LogP contribution in [-0.2, 0) is 17.8 Å². The summed E-state index contributed by atoms with van der Waals surface area (Å²) in [5.41, 5.74) is -1.50. The van der Waals surface area contributed by atoms with E-state index in [9.17, 15) is 14.7 Å². The molecule has 1 aromatic rings. The van der Waals surface area contributed by atoms with Crippen LogP contribution in [0.4, 0.5) is 4.79 Å². The van der Waals surface area contributed by atoms with Gasteiger partial charge in [-0.3, -0.25) is 4.79 Å². The van der Waals surface area contributed by atoms with E-state index in [1.54, 1.807) is 6.20 Å².